The zero-order valence-electron chi connectivity index (χ0n) is 25.6. The van der Waals surface area contributed by atoms with Crippen LogP contribution >= 0.6 is 24.8 Å². The summed E-state index contributed by atoms with van der Waals surface area (Å²) in [5, 5.41) is 17.5. The third-order valence-electron chi connectivity index (χ3n) is 7.45. The van der Waals surface area contributed by atoms with Gasteiger partial charge in [-0.05, 0) is 74.2 Å². The normalized spacial score (nSPS) is 14.0. The molecule has 1 fully saturated rings. The molecule has 9 nitrogen and oxygen atoms in total. The summed E-state index contributed by atoms with van der Waals surface area (Å²) >= 11 is 0. The number of nitrogen functional groups attached to an aromatic ring is 1. The third-order valence-corrected chi connectivity index (χ3v) is 7.45. The van der Waals surface area contributed by atoms with Crippen molar-refractivity contribution in [2.24, 2.45) is 11.1 Å². The molecule has 0 aromatic heterocycles. The largest absolute Gasteiger partial charge is 0.490 e. The van der Waals surface area contributed by atoms with Gasteiger partial charge in [-0.3, -0.25) is 20.4 Å². The van der Waals surface area contributed by atoms with Crippen molar-refractivity contribution in [3.05, 3.63) is 77.4 Å². The van der Waals surface area contributed by atoms with E-state index in [0.717, 1.165) is 53.6 Å². The lowest BCUT2D eigenvalue weighted by Crippen LogP contribution is -2.40. The molecule has 4 rings (SSSR count). The highest BCUT2D eigenvalue weighted by atomic mass is 35.5. The molecule has 238 valence electrons. The number of hydrogen-bond donors (Lipinski definition) is 3. The summed E-state index contributed by atoms with van der Waals surface area (Å²) in [5.74, 6) is -0.318. The number of carbonyl (C=O) groups excluding carboxylic acids is 2. The highest BCUT2D eigenvalue weighted by Crippen LogP contribution is 2.28. The summed E-state index contributed by atoms with van der Waals surface area (Å²) < 4.78 is 16.8. The SMILES string of the molecule is CC(=N)N1CCC(Oc2ccc(C(Cc3ccc4ccc(C(=N)N)cc4c3)C(=O)OCOC(=O)C(C)(C)C)cc2)CC1.Cl.Cl. The fraction of sp³-hybridized carbons (Fsp3) is 0.394. The molecule has 1 heterocycles. The molecule has 1 unspecified atom stereocenters. The van der Waals surface area contributed by atoms with Gasteiger partial charge in [0.05, 0.1) is 17.2 Å². The first kappa shape index (κ1) is 36.4. The highest BCUT2D eigenvalue weighted by Gasteiger charge is 2.27. The topological polar surface area (TPSA) is 139 Å². The van der Waals surface area contributed by atoms with Gasteiger partial charge in [0.25, 0.3) is 0 Å². The number of halogens is 2. The minimum atomic E-state index is -0.708. The zero-order valence-corrected chi connectivity index (χ0v) is 27.2. The number of hydrogen-bond acceptors (Lipinski definition) is 7. The molecule has 3 aromatic carbocycles. The Hall–Kier alpha value is -3.82. The Morgan fingerprint density at radius 2 is 1.57 bits per heavy atom. The van der Waals surface area contributed by atoms with Crippen LogP contribution in [0.1, 0.15) is 63.1 Å². The number of nitrogens with zero attached hydrogens (tertiary/aromatic N) is 1. The van der Waals surface area contributed by atoms with Gasteiger partial charge in [0, 0.05) is 31.5 Å². The number of fused-ring (bicyclic) bond motifs is 1. The molecule has 0 saturated carbocycles. The second-order valence-electron chi connectivity index (χ2n) is 11.8. The van der Waals surface area contributed by atoms with E-state index in [1.807, 2.05) is 65.6 Å². The van der Waals surface area contributed by atoms with Crippen LogP contribution in [0.5, 0.6) is 5.75 Å². The van der Waals surface area contributed by atoms with Crippen LogP contribution in [0.15, 0.2) is 60.7 Å². The lowest BCUT2D eigenvalue weighted by Gasteiger charge is -2.32. The second-order valence-corrected chi connectivity index (χ2v) is 11.8. The van der Waals surface area contributed by atoms with Crippen molar-refractivity contribution < 1.29 is 23.8 Å². The monoisotopic (exact) mass is 644 g/mol. The van der Waals surface area contributed by atoms with Crippen LogP contribution in [0, 0.1) is 16.2 Å². The van der Waals surface area contributed by atoms with Crippen LogP contribution in [0.25, 0.3) is 10.8 Å². The number of rotatable bonds is 9. The van der Waals surface area contributed by atoms with Gasteiger partial charge in [-0.2, -0.15) is 0 Å². The van der Waals surface area contributed by atoms with Crippen LogP contribution in [0.3, 0.4) is 0 Å². The molecule has 4 N–H and O–H groups in total. The van der Waals surface area contributed by atoms with E-state index in [4.69, 9.17) is 30.8 Å². The molecular formula is C33H42Cl2N4O5. The van der Waals surface area contributed by atoms with Gasteiger partial charge in [0.15, 0.2) is 0 Å². The van der Waals surface area contributed by atoms with Gasteiger partial charge in [0.1, 0.15) is 17.7 Å². The number of esters is 2. The molecular weight excluding hydrogens is 603 g/mol. The average Bonchev–Trinajstić information content (AvgIpc) is 2.95. The number of nitrogens with one attached hydrogen (secondary N) is 2. The number of piperidine rings is 1. The number of ether oxygens (including phenoxy) is 3. The average molecular weight is 646 g/mol. The van der Waals surface area contributed by atoms with E-state index in [9.17, 15) is 9.59 Å². The van der Waals surface area contributed by atoms with Gasteiger partial charge in [0.2, 0.25) is 6.79 Å². The zero-order chi connectivity index (χ0) is 30.4. The van der Waals surface area contributed by atoms with Gasteiger partial charge >= 0.3 is 11.9 Å². The molecule has 3 aromatic rings. The van der Waals surface area contributed by atoms with Crippen molar-refractivity contribution in [1.82, 2.24) is 4.90 Å². The lowest BCUT2D eigenvalue weighted by atomic mass is 9.91. The minimum Gasteiger partial charge on any atom is -0.490 e. The maximum absolute atomic E-state index is 13.4. The van der Waals surface area contributed by atoms with E-state index in [-0.39, 0.29) is 36.8 Å². The number of nitrogens with two attached hydrogens (primary N) is 1. The Morgan fingerprint density at radius 3 is 2.16 bits per heavy atom. The van der Waals surface area contributed by atoms with Crippen LogP contribution in [-0.4, -0.2) is 54.5 Å². The number of benzene rings is 3. The molecule has 44 heavy (non-hydrogen) atoms. The quantitative estimate of drug-likeness (QED) is 0.109. The molecule has 1 saturated heterocycles. The highest BCUT2D eigenvalue weighted by molar-refractivity contribution is 5.99. The smallest absolute Gasteiger partial charge is 0.316 e. The van der Waals surface area contributed by atoms with Crippen molar-refractivity contribution >= 4 is 59.2 Å². The van der Waals surface area contributed by atoms with E-state index >= 15 is 0 Å². The van der Waals surface area contributed by atoms with Crippen molar-refractivity contribution in [3.63, 3.8) is 0 Å². The number of likely N-dealkylation sites (tertiary alicyclic amines) is 1. The molecule has 1 aliphatic heterocycles. The van der Waals surface area contributed by atoms with Gasteiger partial charge < -0.3 is 24.8 Å². The van der Waals surface area contributed by atoms with Crippen molar-refractivity contribution in [2.75, 3.05) is 19.9 Å². The maximum Gasteiger partial charge on any atom is 0.316 e. The second kappa shape index (κ2) is 15.8. The first-order valence-electron chi connectivity index (χ1n) is 14.2. The van der Waals surface area contributed by atoms with E-state index in [1.54, 1.807) is 27.7 Å². The summed E-state index contributed by atoms with van der Waals surface area (Å²) in [7, 11) is 0. The minimum absolute atomic E-state index is 0. The third kappa shape index (κ3) is 9.59. The Morgan fingerprint density at radius 1 is 0.932 bits per heavy atom. The molecule has 0 bridgehead atoms. The van der Waals surface area contributed by atoms with Gasteiger partial charge in [-0.25, -0.2) is 0 Å². The number of carbonyl (C=O) groups is 2. The van der Waals surface area contributed by atoms with Gasteiger partial charge in [-0.15, -0.1) is 24.8 Å². The van der Waals surface area contributed by atoms with Crippen LogP contribution < -0.4 is 10.5 Å². The first-order chi connectivity index (χ1) is 19.9. The van der Waals surface area contributed by atoms with E-state index in [2.05, 4.69) is 0 Å². The van der Waals surface area contributed by atoms with Crippen LogP contribution in [0.4, 0.5) is 0 Å². The molecule has 0 aliphatic carbocycles. The van der Waals surface area contributed by atoms with Crippen molar-refractivity contribution in [3.8, 4) is 5.75 Å². The lowest BCUT2D eigenvalue weighted by molar-refractivity contribution is -0.174. The van der Waals surface area contributed by atoms with E-state index in [1.165, 1.54) is 0 Å². The van der Waals surface area contributed by atoms with E-state index < -0.39 is 30.1 Å². The van der Waals surface area contributed by atoms with Crippen LogP contribution in [0.2, 0.25) is 0 Å². The van der Waals surface area contributed by atoms with Crippen LogP contribution in [-0.2, 0) is 25.5 Å². The molecule has 0 radical (unpaired) electrons. The van der Waals surface area contributed by atoms with Gasteiger partial charge in [-0.1, -0.05) is 42.5 Å². The standard InChI is InChI=1S/C33H40N4O5.2ClH/c1-21(34)37-15-13-28(14-16-37)42-27-11-9-24(10-12-27)29(31(38)40-20-41-32(39)33(2,3)4)18-22-5-6-23-7-8-25(30(35)36)19-26(23)17-22;;/h5-12,17,19,28-29,34H,13-16,18,20H2,1-4H3,(H3,35,36);2*1H. The predicted octanol–water partition coefficient (Wildman–Crippen LogP) is 6.22. The Labute approximate surface area is 271 Å². The molecule has 0 spiro atoms. The molecule has 1 atom stereocenters. The van der Waals surface area contributed by atoms with E-state index in [0.29, 0.717) is 17.8 Å². The summed E-state index contributed by atoms with van der Waals surface area (Å²) in [6.45, 7) is 8.14. The van der Waals surface area contributed by atoms with Crippen molar-refractivity contribution in [2.45, 2.75) is 59.0 Å². The Balaban J connectivity index is 0.00000337. The summed E-state index contributed by atoms with van der Waals surface area (Å²) in [6.07, 6.45) is 2.11. The first-order valence-corrected chi connectivity index (χ1v) is 14.2. The summed E-state index contributed by atoms with van der Waals surface area (Å²) in [6, 6.07) is 19.0. The Bertz CT molecular complexity index is 1470. The Kier molecular flexibility index (Phi) is 13.0. The summed E-state index contributed by atoms with van der Waals surface area (Å²) in [5.41, 5.74) is 7.27. The maximum atomic E-state index is 13.4. The fourth-order valence-corrected chi connectivity index (χ4v) is 4.90. The molecule has 1 aliphatic rings. The van der Waals surface area contributed by atoms with Crippen molar-refractivity contribution in [1.29, 1.82) is 10.8 Å². The number of amidine groups is 2. The summed E-state index contributed by atoms with van der Waals surface area (Å²) in [4.78, 5) is 27.6. The molecule has 0 amide bonds. The molecule has 11 heteroatoms. The predicted molar refractivity (Wildman–Crippen MR) is 177 cm³/mol. The fourth-order valence-electron chi connectivity index (χ4n) is 4.90.